The maximum absolute atomic E-state index is 14.2. The van der Waals surface area contributed by atoms with E-state index in [2.05, 4.69) is 6.92 Å². The number of benzene rings is 4. The quantitative estimate of drug-likeness (QED) is 0.110. The van der Waals surface area contributed by atoms with Crippen molar-refractivity contribution in [3.8, 4) is 5.75 Å². The molecule has 10 heteroatoms. The van der Waals surface area contributed by atoms with Crippen LogP contribution in [0, 0.1) is 0 Å². The lowest BCUT2D eigenvalue weighted by molar-refractivity contribution is -0.145. The van der Waals surface area contributed by atoms with E-state index < -0.39 is 18.2 Å². The van der Waals surface area contributed by atoms with Crippen molar-refractivity contribution in [2.75, 3.05) is 11.5 Å². The maximum atomic E-state index is 14.2. The van der Waals surface area contributed by atoms with E-state index >= 15 is 0 Å². The lowest BCUT2D eigenvalue weighted by atomic mass is 10.1. The summed E-state index contributed by atoms with van der Waals surface area (Å²) in [5, 5.41) is 10.5. The van der Waals surface area contributed by atoms with E-state index in [-0.39, 0.29) is 18.6 Å². The number of carboxylic acids is 1. The monoisotopic (exact) mass is 681 g/mol. The number of rotatable bonds is 15. The van der Waals surface area contributed by atoms with Crippen LogP contribution in [0.15, 0.2) is 102 Å². The molecule has 4 aromatic carbocycles. The van der Waals surface area contributed by atoms with Crippen LogP contribution in [0.2, 0.25) is 5.02 Å². The van der Waals surface area contributed by atoms with Crippen LogP contribution in [0.3, 0.4) is 0 Å². The van der Waals surface area contributed by atoms with Crippen LogP contribution in [0.4, 0.5) is 10.5 Å². The summed E-state index contributed by atoms with van der Waals surface area (Å²) in [5.74, 6) is -0.153. The van der Waals surface area contributed by atoms with Gasteiger partial charge >= 0.3 is 12.1 Å². The molecule has 49 heavy (non-hydrogen) atoms. The molecular weight excluding hydrogens is 642 g/mol. The normalized spacial score (nSPS) is 11.7. The Bertz CT molecular complexity index is 1950. The van der Waals surface area contributed by atoms with Gasteiger partial charge < -0.3 is 14.6 Å². The number of anilines is 1. The smallest absolute Gasteiger partial charge is 0.414 e. The minimum atomic E-state index is -1.29. The van der Waals surface area contributed by atoms with E-state index in [1.54, 1.807) is 76.2 Å². The predicted octanol–water partition coefficient (Wildman–Crippen LogP) is 8.59. The van der Waals surface area contributed by atoms with Gasteiger partial charge in [0.25, 0.3) is 5.56 Å². The molecule has 254 valence electrons. The van der Waals surface area contributed by atoms with Gasteiger partial charge in [0.15, 0.2) is 0 Å². The lowest BCUT2D eigenvalue weighted by Gasteiger charge is -2.23. The molecule has 0 saturated heterocycles. The summed E-state index contributed by atoms with van der Waals surface area (Å²) in [6, 6.07) is 28.6. The van der Waals surface area contributed by atoms with Crippen LogP contribution in [0.25, 0.3) is 10.9 Å². The Hall–Kier alpha value is -5.15. The molecule has 0 aliphatic carbocycles. The standard InChI is InChI=1S/C39H40ClN3O6/c1-3-5-16-35-41-34-22-19-29(42(39(47)48-23-6-4-2)25-27-12-8-7-9-13-27)24-32(34)37(44)43(35)26-28-17-20-30(21-18-28)49-36(38(45)46)31-14-10-11-15-33(31)40/h7-15,17-22,24,36H,3-6,16,23,25-26H2,1-2H3,(H,45,46). The summed E-state index contributed by atoms with van der Waals surface area (Å²) >= 11 is 6.25. The molecule has 0 aliphatic rings. The highest BCUT2D eigenvalue weighted by Crippen LogP contribution is 2.29. The first-order valence-corrected chi connectivity index (χ1v) is 16.9. The van der Waals surface area contributed by atoms with Crippen LogP contribution >= 0.6 is 11.6 Å². The van der Waals surface area contributed by atoms with Gasteiger partial charge in [0.05, 0.1) is 30.6 Å². The Morgan fingerprint density at radius 3 is 2.31 bits per heavy atom. The number of aromatic nitrogens is 2. The highest BCUT2D eigenvalue weighted by atomic mass is 35.5. The van der Waals surface area contributed by atoms with Gasteiger partial charge in [-0.2, -0.15) is 0 Å². The fourth-order valence-electron chi connectivity index (χ4n) is 5.45. The van der Waals surface area contributed by atoms with E-state index in [9.17, 15) is 19.5 Å². The topological polar surface area (TPSA) is 111 Å². The van der Waals surface area contributed by atoms with Crippen molar-refractivity contribution in [1.82, 2.24) is 9.55 Å². The number of fused-ring (bicyclic) bond motifs is 1. The summed E-state index contributed by atoms with van der Waals surface area (Å²) < 4.78 is 13.1. The number of nitrogens with zero attached hydrogens (tertiary/aromatic N) is 3. The van der Waals surface area contributed by atoms with Crippen molar-refractivity contribution in [2.45, 2.75) is 65.1 Å². The molecule has 0 saturated carbocycles. The molecule has 0 aliphatic heterocycles. The second-order valence-corrected chi connectivity index (χ2v) is 12.2. The molecular formula is C39H40ClN3O6. The Morgan fingerprint density at radius 2 is 1.61 bits per heavy atom. The molecule has 1 atom stereocenters. The van der Waals surface area contributed by atoms with Crippen molar-refractivity contribution < 1.29 is 24.2 Å². The summed E-state index contributed by atoms with van der Waals surface area (Å²) in [5.41, 5.74) is 2.96. The summed E-state index contributed by atoms with van der Waals surface area (Å²) in [7, 11) is 0. The van der Waals surface area contributed by atoms with Crippen molar-refractivity contribution in [2.24, 2.45) is 0 Å². The third-order valence-corrected chi connectivity index (χ3v) is 8.48. The fourth-order valence-corrected chi connectivity index (χ4v) is 5.68. The number of hydrogen-bond acceptors (Lipinski definition) is 6. The molecule has 1 N–H and O–H groups in total. The average molecular weight is 682 g/mol. The van der Waals surface area contributed by atoms with Crippen molar-refractivity contribution in [1.29, 1.82) is 0 Å². The fraction of sp³-hybridized carbons (Fsp3) is 0.282. The van der Waals surface area contributed by atoms with E-state index in [0.29, 0.717) is 51.8 Å². The second kappa shape index (κ2) is 16.8. The third-order valence-electron chi connectivity index (χ3n) is 8.14. The molecule has 1 aromatic heterocycles. The summed E-state index contributed by atoms with van der Waals surface area (Å²) in [6.07, 6.45) is 2.30. The zero-order valence-corrected chi connectivity index (χ0v) is 28.4. The van der Waals surface area contributed by atoms with Gasteiger partial charge in [-0.3, -0.25) is 14.3 Å². The molecule has 0 spiro atoms. The molecule has 0 fully saturated rings. The number of carboxylic acid groups (broad SMARTS) is 1. The van der Waals surface area contributed by atoms with Gasteiger partial charge in [0.1, 0.15) is 11.6 Å². The van der Waals surface area contributed by atoms with Crippen molar-refractivity contribution in [3.63, 3.8) is 0 Å². The first kappa shape index (κ1) is 35.2. The first-order valence-electron chi connectivity index (χ1n) is 16.5. The maximum Gasteiger partial charge on any atom is 0.414 e. The molecule has 0 radical (unpaired) electrons. The Labute approximate surface area is 290 Å². The number of hydrogen-bond donors (Lipinski definition) is 1. The molecule has 1 amide bonds. The van der Waals surface area contributed by atoms with Gasteiger partial charge in [-0.15, -0.1) is 0 Å². The third kappa shape index (κ3) is 8.86. The molecule has 0 bridgehead atoms. The van der Waals surface area contributed by atoms with Gasteiger partial charge in [-0.05, 0) is 60.4 Å². The van der Waals surface area contributed by atoms with Crippen molar-refractivity contribution in [3.05, 3.63) is 135 Å². The van der Waals surface area contributed by atoms with Crippen LogP contribution in [0.5, 0.6) is 5.75 Å². The van der Waals surface area contributed by atoms with Crippen LogP contribution in [0.1, 0.15) is 68.1 Å². The Balaban J connectivity index is 1.47. The first-order chi connectivity index (χ1) is 23.8. The van der Waals surface area contributed by atoms with Crippen LogP contribution in [-0.2, 0) is 29.0 Å². The number of ether oxygens (including phenoxy) is 2. The van der Waals surface area contributed by atoms with E-state index in [0.717, 1.165) is 36.8 Å². The number of halogens is 1. The molecule has 1 unspecified atom stereocenters. The van der Waals surface area contributed by atoms with Crippen molar-refractivity contribution >= 4 is 40.3 Å². The largest absolute Gasteiger partial charge is 0.478 e. The van der Waals surface area contributed by atoms with Gasteiger partial charge in [-0.25, -0.2) is 14.6 Å². The number of aliphatic carboxylic acids is 1. The van der Waals surface area contributed by atoms with E-state index in [1.807, 2.05) is 37.3 Å². The average Bonchev–Trinajstić information content (AvgIpc) is 3.11. The number of amides is 1. The van der Waals surface area contributed by atoms with Gasteiger partial charge in [-0.1, -0.05) is 99.0 Å². The summed E-state index contributed by atoms with van der Waals surface area (Å²) in [4.78, 5) is 46.0. The molecule has 5 aromatic rings. The molecule has 5 rings (SSSR count). The van der Waals surface area contributed by atoms with E-state index in [4.69, 9.17) is 26.1 Å². The Morgan fingerprint density at radius 1 is 0.898 bits per heavy atom. The zero-order chi connectivity index (χ0) is 34.8. The lowest BCUT2D eigenvalue weighted by Crippen LogP contribution is -2.32. The van der Waals surface area contributed by atoms with Gasteiger partial charge in [0, 0.05) is 22.7 Å². The number of aryl methyl sites for hydroxylation is 1. The van der Waals surface area contributed by atoms with Gasteiger partial charge in [0.2, 0.25) is 6.10 Å². The zero-order valence-electron chi connectivity index (χ0n) is 27.7. The number of carbonyl (C=O) groups excluding carboxylic acids is 1. The minimum Gasteiger partial charge on any atom is -0.478 e. The molecule has 9 nitrogen and oxygen atoms in total. The van der Waals surface area contributed by atoms with E-state index in [1.165, 1.54) is 0 Å². The van der Waals surface area contributed by atoms with Crippen LogP contribution in [-0.4, -0.2) is 33.3 Å². The number of unbranched alkanes of at least 4 members (excludes halogenated alkanes) is 2. The predicted molar refractivity (Wildman–Crippen MR) is 191 cm³/mol. The van der Waals surface area contributed by atoms with Crippen LogP contribution < -0.4 is 15.2 Å². The summed E-state index contributed by atoms with van der Waals surface area (Å²) in [6.45, 7) is 4.95. The minimum absolute atomic E-state index is 0.220. The Kier molecular flexibility index (Phi) is 12.1. The molecule has 1 heterocycles. The number of carbonyl (C=O) groups is 2. The second-order valence-electron chi connectivity index (χ2n) is 11.8. The SMILES string of the molecule is CCCCOC(=O)N(Cc1ccccc1)c1ccc2nc(CCCC)n(Cc3ccc(OC(C(=O)O)c4ccccc4Cl)cc3)c(=O)c2c1. The highest BCUT2D eigenvalue weighted by Gasteiger charge is 2.25. The highest BCUT2D eigenvalue weighted by molar-refractivity contribution is 6.31.